The third-order valence-corrected chi connectivity index (χ3v) is 4.53. The minimum absolute atomic E-state index is 0.0907. The topological polar surface area (TPSA) is 74.8 Å². The van der Waals surface area contributed by atoms with Crippen LogP contribution < -0.4 is 0 Å². The van der Waals surface area contributed by atoms with Crippen LogP contribution in [0, 0.1) is 0 Å². The lowest BCUT2D eigenvalue weighted by Crippen LogP contribution is -2.54. The number of hydrogen-bond donors (Lipinski definition) is 0. The summed E-state index contributed by atoms with van der Waals surface area (Å²) >= 11 is 0. The predicted octanol–water partition coefficient (Wildman–Crippen LogP) is 1.55. The Bertz CT molecular complexity index is 738. The maximum Gasteiger partial charge on any atom is 0.262 e. The van der Waals surface area contributed by atoms with Crippen LogP contribution >= 0.6 is 0 Å². The van der Waals surface area contributed by atoms with Gasteiger partial charge in [0, 0.05) is 13.5 Å². The van der Waals surface area contributed by atoms with Crippen LogP contribution in [-0.4, -0.2) is 46.5 Å². The number of hydrogen-bond acceptors (Lipinski definition) is 4. The Morgan fingerprint density at radius 3 is 2.43 bits per heavy atom. The summed E-state index contributed by atoms with van der Waals surface area (Å²) in [6.45, 7) is 3.91. The van der Waals surface area contributed by atoms with Crippen molar-refractivity contribution >= 4 is 23.6 Å². The van der Waals surface area contributed by atoms with E-state index < -0.39 is 23.8 Å². The maximum absolute atomic E-state index is 12.8. The Morgan fingerprint density at radius 1 is 1.09 bits per heavy atom. The fraction of sp³-hybridized carbons (Fsp3) is 0.412. The molecule has 2 heterocycles. The molecular weight excluding hydrogens is 296 g/mol. The molecule has 0 spiro atoms. The van der Waals surface area contributed by atoms with Crippen molar-refractivity contribution < 1.29 is 19.2 Å². The van der Waals surface area contributed by atoms with Crippen LogP contribution in [0.4, 0.5) is 0 Å². The molecule has 0 aliphatic carbocycles. The second-order valence-electron chi connectivity index (χ2n) is 6.25. The standard InChI is InChI=1S/C17H18N2O4/c1-9(2)10-5-4-6-11-14(10)17(23)19(15(11)21)12-7-8-13(20)18(3)16(12)22/h4-6,9,12H,7-8H2,1-3H3. The Kier molecular flexibility index (Phi) is 3.55. The van der Waals surface area contributed by atoms with Crippen molar-refractivity contribution in [2.45, 2.75) is 38.6 Å². The highest BCUT2D eigenvalue weighted by atomic mass is 16.2. The largest absolute Gasteiger partial charge is 0.284 e. The molecule has 1 saturated heterocycles. The quantitative estimate of drug-likeness (QED) is 0.776. The molecule has 0 aromatic heterocycles. The Morgan fingerprint density at radius 2 is 1.78 bits per heavy atom. The number of piperidine rings is 1. The van der Waals surface area contributed by atoms with Gasteiger partial charge in [-0.15, -0.1) is 0 Å². The van der Waals surface area contributed by atoms with E-state index in [2.05, 4.69) is 0 Å². The number of carbonyl (C=O) groups excluding carboxylic acids is 4. The summed E-state index contributed by atoms with van der Waals surface area (Å²) in [6.07, 6.45) is 0.335. The van der Waals surface area contributed by atoms with Crippen LogP contribution in [0.3, 0.4) is 0 Å². The van der Waals surface area contributed by atoms with Gasteiger partial charge in [0.2, 0.25) is 5.91 Å². The van der Waals surface area contributed by atoms with Crippen LogP contribution in [0.2, 0.25) is 0 Å². The first-order valence-corrected chi connectivity index (χ1v) is 7.65. The lowest BCUT2D eigenvalue weighted by atomic mass is 9.94. The highest BCUT2D eigenvalue weighted by Gasteiger charge is 2.46. The van der Waals surface area contributed by atoms with Gasteiger partial charge < -0.3 is 0 Å². The van der Waals surface area contributed by atoms with Gasteiger partial charge in [0.05, 0.1) is 11.1 Å². The molecule has 0 bridgehead atoms. The average molecular weight is 314 g/mol. The zero-order chi connectivity index (χ0) is 16.9. The molecule has 1 aromatic rings. The normalized spacial score (nSPS) is 21.5. The van der Waals surface area contributed by atoms with E-state index in [4.69, 9.17) is 0 Å². The number of amides is 4. The van der Waals surface area contributed by atoms with Gasteiger partial charge in [0.25, 0.3) is 17.7 Å². The Hall–Kier alpha value is -2.50. The zero-order valence-electron chi connectivity index (χ0n) is 13.3. The third kappa shape index (κ3) is 2.17. The average Bonchev–Trinajstić information content (AvgIpc) is 2.77. The van der Waals surface area contributed by atoms with Crippen molar-refractivity contribution in [3.05, 3.63) is 34.9 Å². The monoisotopic (exact) mass is 314 g/mol. The maximum atomic E-state index is 12.8. The lowest BCUT2D eigenvalue weighted by molar-refractivity contribution is -0.149. The fourth-order valence-electron chi connectivity index (χ4n) is 3.23. The third-order valence-electron chi connectivity index (χ3n) is 4.53. The van der Waals surface area contributed by atoms with E-state index in [1.54, 1.807) is 12.1 Å². The lowest BCUT2D eigenvalue weighted by Gasteiger charge is -2.32. The fourth-order valence-corrected chi connectivity index (χ4v) is 3.23. The predicted molar refractivity (Wildman–Crippen MR) is 81.8 cm³/mol. The molecule has 0 radical (unpaired) electrons. The van der Waals surface area contributed by atoms with Crippen LogP contribution in [0.5, 0.6) is 0 Å². The molecule has 1 unspecified atom stereocenters. The number of carbonyl (C=O) groups is 4. The summed E-state index contributed by atoms with van der Waals surface area (Å²) in [7, 11) is 1.38. The Labute approximate surface area is 134 Å². The van der Waals surface area contributed by atoms with Gasteiger partial charge in [-0.1, -0.05) is 26.0 Å². The van der Waals surface area contributed by atoms with E-state index in [0.29, 0.717) is 11.1 Å². The van der Waals surface area contributed by atoms with Crippen molar-refractivity contribution in [3.8, 4) is 0 Å². The summed E-state index contributed by atoms with van der Waals surface area (Å²) in [5.41, 5.74) is 1.53. The number of benzene rings is 1. The minimum atomic E-state index is -0.898. The molecular formula is C17H18N2O4. The summed E-state index contributed by atoms with van der Waals surface area (Å²) in [5, 5.41) is 0. The van der Waals surface area contributed by atoms with Crippen LogP contribution in [-0.2, 0) is 9.59 Å². The molecule has 1 aromatic carbocycles. The SMILES string of the molecule is CC(C)c1cccc2c1C(=O)N(C1CCC(=O)N(C)C1=O)C2=O. The van der Waals surface area contributed by atoms with E-state index in [1.165, 1.54) is 7.05 Å². The molecule has 0 saturated carbocycles. The van der Waals surface area contributed by atoms with E-state index >= 15 is 0 Å². The molecule has 1 fully saturated rings. The molecule has 6 heteroatoms. The van der Waals surface area contributed by atoms with Crippen molar-refractivity contribution in [1.82, 2.24) is 9.80 Å². The molecule has 0 N–H and O–H groups in total. The Balaban J connectivity index is 2.03. The van der Waals surface area contributed by atoms with Gasteiger partial charge >= 0.3 is 0 Å². The summed E-state index contributed by atoms with van der Waals surface area (Å²) in [6, 6.07) is 4.30. The van der Waals surface area contributed by atoms with Crippen molar-refractivity contribution in [2.75, 3.05) is 7.05 Å². The number of imide groups is 2. The van der Waals surface area contributed by atoms with Gasteiger partial charge in [-0.3, -0.25) is 29.0 Å². The molecule has 2 aliphatic rings. The number of likely N-dealkylation sites (tertiary alicyclic amines) is 1. The van der Waals surface area contributed by atoms with E-state index in [0.717, 1.165) is 15.4 Å². The molecule has 2 aliphatic heterocycles. The second-order valence-corrected chi connectivity index (χ2v) is 6.25. The van der Waals surface area contributed by atoms with E-state index in [1.807, 2.05) is 19.9 Å². The minimum Gasteiger partial charge on any atom is -0.284 e. The van der Waals surface area contributed by atoms with Crippen LogP contribution in [0.1, 0.15) is 58.9 Å². The number of likely N-dealkylation sites (N-methyl/N-ethyl adjacent to an activating group) is 1. The molecule has 3 rings (SSSR count). The van der Waals surface area contributed by atoms with Crippen molar-refractivity contribution in [2.24, 2.45) is 0 Å². The molecule has 4 amide bonds. The summed E-state index contributed by atoms with van der Waals surface area (Å²) in [5.74, 6) is -1.58. The first kappa shape index (κ1) is 15.4. The smallest absolute Gasteiger partial charge is 0.262 e. The zero-order valence-corrected chi connectivity index (χ0v) is 13.3. The van der Waals surface area contributed by atoms with Crippen LogP contribution in [0.15, 0.2) is 18.2 Å². The number of fused-ring (bicyclic) bond motifs is 1. The van der Waals surface area contributed by atoms with Crippen molar-refractivity contribution in [1.29, 1.82) is 0 Å². The highest BCUT2D eigenvalue weighted by molar-refractivity contribution is 6.24. The second kappa shape index (κ2) is 5.30. The van der Waals surface area contributed by atoms with E-state index in [9.17, 15) is 19.2 Å². The highest BCUT2D eigenvalue weighted by Crippen LogP contribution is 2.33. The molecule has 1 atom stereocenters. The summed E-state index contributed by atoms with van der Waals surface area (Å²) in [4.78, 5) is 51.5. The molecule has 6 nitrogen and oxygen atoms in total. The first-order chi connectivity index (χ1) is 10.8. The number of nitrogens with zero attached hydrogens (tertiary/aromatic N) is 2. The van der Waals surface area contributed by atoms with Gasteiger partial charge in [-0.05, 0) is 24.0 Å². The van der Waals surface area contributed by atoms with Gasteiger partial charge in [-0.2, -0.15) is 0 Å². The number of rotatable bonds is 2. The summed E-state index contributed by atoms with van der Waals surface area (Å²) < 4.78 is 0. The molecule has 23 heavy (non-hydrogen) atoms. The van der Waals surface area contributed by atoms with Gasteiger partial charge in [-0.25, -0.2) is 0 Å². The first-order valence-electron chi connectivity index (χ1n) is 7.65. The van der Waals surface area contributed by atoms with Crippen LogP contribution in [0.25, 0.3) is 0 Å². The van der Waals surface area contributed by atoms with Crippen molar-refractivity contribution in [3.63, 3.8) is 0 Å². The molecule has 120 valence electrons. The van der Waals surface area contributed by atoms with E-state index in [-0.39, 0.29) is 24.7 Å². The van der Waals surface area contributed by atoms with Gasteiger partial charge in [0.15, 0.2) is 0 Å². The van der Waals surface area contributed by atoms with Gasteiger partial charge in [0.1, 0.15) is 6.04 Å².